The molecule has 0 N–H and O–H groups in total. The number of ether oxygens (including phenoxy) is 5. The van der Waals surface area contributed by atoms with E-state index in [1.165, 1.54) is 0 Å². The van der Waals surface area contributed by atoms with Crippen molar-refractivity contribution < 1.29 is 77.6 Å². The molecule has 0 aromatic heterocycles. The predicted octanol–water partition coefficient (Wildman–Crippen LogP) is 4.19. The molecular formula is C21H25F9O8. The number of hydrogen-bond donors (Lipinski definition) is 0. The molecule has 0 aromatic rings. The van der Waals surface area contributed by atoms with Crippen LogP contribution in [0.1, 0.15) is 46.0 Å². The quantitative estimate of drug-likeness (QED) is 0.217. The Morgan fingerprint density at radius 3 is 1.79 bits per heavy atom. The summed E-state index contributed by atoms with van der Waals surface area (Å²) in [4.78, 5) is 35.1. The Morgan fingerprint density at radius 1 is 0.842 bits per heavy atom. The summed E-state index contributed by atoms with van der Waals surface area (Å²) in [5.41, 5.74) is -1.78. The summed E-state index contributed by atoms with van der Waals surface area (Å²) in [5.74, 6) is -19.8. The molecule has 220 valence electrons. The molecule has 8 nitrogen and oxygen atoms in total. The van der Waals surface area contributed by atoms with Gasteiger partial charge in [0.05, 0.1) is 18.6 Å². The minimum absolute atomic E-state index is 0.0236. The first kappa shape index (κ1) is 31.9. The van der Waals surface area contributed by atoms with E-state index in [1.54, 1.807) is 0 Å². The van der Waals surface area contributed by atoms with Crippen molar-refractivity contribution in [1.29, 1.82) is 0 Å². The van der Waals surface area contributed by atoms with E-state index >= 15 is 0 Å². The van der Waals surface area contributed by atoms with Crippen LogP contribution in [0.15, 0.2) is 0 Å². The van der Waals surface area contributed by atoms with Crippen LogP contribution in [0, 0.1) is 5.41 Å². The monoisotopic (exact) mass is 576 g/mol. The summed E-state index contributed by atoms with van der Waals surface area (Å²) in [5, 5.41) is 0. The highest BCUT2D eigenvalue weighted by atomic mass is 19.4. The Kier molecular flexibility index (Phi) is 9.29. The van der Waals surface area contributed by atoms with Gasteiger partial charge in [0.1, 0.15) is 26.1 Å². The maximum absolute atomic E-state index is 13.3. The molecule has 0 radical (unpaired) electrons. The van der Waals surface area contributed by atoms with Gasteiger partial charge >= 0.3 is 35.9 Å². The van der Waals surface area contributed by atoms with E-state index in [-0.39, 0.29) is 19.3 Å². The van der Waals surface area contributed by atoms with Gasteiger partial charge in [0.2, 0.25) is 5.79 Å². The highest BCUT2D eigenvalue weighted by molar-refractivity contribution is 5.77. The van der Waals surface area contributed by atoms with Gasteiger partial charge in [0.25, 0.3) is 5.92 Å². The van der Waals surface area contributed by atoms with Gasteiger partial charge in [0.15, 0.2) is 6.10 Å². The van der Waals surface area contributed by atoms with E-state index in [0.717, 1.165) is 0 Å². The van der Waals surface area contributed by atoms with E-state index in [9.17, 15) is 53.9 Å². The fourth-order valence-electron chi connectivity index (χ4n) is 3.57. The van der Waals surface area contributed by atoms with Crippen molar-refractivity contribution in [2.45, 2.75) is 81.8 Å². The Bertz CT molecular complexity index is 871. The van der Waals surface area contributed by atoms with Crippen molar-refractivity contribution in [1.82, 2.24) is 0 Å². The van der Waals surface area contributed by atoms with Crippen LogP contribution in [-0.4, -0.2) is 80.2 Å². The number of halogens is 9. The average Bonchev–Trinajstić information content (AvgIpc) is 3.11. The first-order valence-electron chi connectivity index (χ1n) is 11.1. The highest BCUT2D eigenvalue weighted by Gasteiger charge is 2.59. The zero-order chi connectivity index (χ0) is 29.2. The van der Waals surface area contributed by atoms with E-state index in [0.29, 0.717) is 13.8 Å². The van der Waals surface area contributed by atoms with Crippen molar-refractivity contribution in [2.75, 3.05) is 26.4 Å². The molecule has 17 heteroatoms. The summed E-state index contributed by atoms with van der Waals surface area (Å²) in [6.07, 6.45) is -10.8. The third-order valence-corrected chi connectivity index (χ3v) is 5.65. The minimum atomic E-state index is -6.04. The lowest BCUT2D eigenvalue weighted by atomic mass is 9.90. The third-order valence-electron chi connectivity index (χ3n) is 5.65. The zero-order valence-electron chi connectivity index (χ0n) is 20.1. The molecule has 1 saturated heterocycles. The van der Waals surface area contributed by atoms with Gasteiger partial charge in [-0.05, 0) is 19.8 Å². The minimum Gasteiger partial charge on any atom is -0.465 e. The number of hydrogen-bond acceptors (Lipinski definition) is 8. The molecule has 1 aliphatic carbocycles. The first-order chi connectivity index (χ1) is 17.1. The topological polar surface area (TPSA) is 97.4 Å². The van der Waals surface area contributed by atoms with Gasteiger partial charge in [-0.15, -0.1) is 0 Å². The molecule has 0 bridgehead atoms. The van der Waals surface area contributed by atoms with Crippen LogP contribution >= 0.6 is 0 Å². The molecule has 2 rings (SSSR count). The molecule has 2 aliphatic rings. The Hall–Kier alpha value is -2.30. The van der Waals surface area contributed by atoms with Crippen LogP contribution in [0.5, 0.6) is 0 Å². The van der Waals surface area contributed by atoms with Crippen LogP contribution in [0.4, 0.5) is 39.5 Å². The summed E-state index contributed by atoms with van der Waals surface area (Å²) in [6, 6.07) is 0. The number of alkyl halides is 9. The summed E-state index contributed by atoms with van der Waals surface area (Å²) in [7, 11) is 0. The van der Waals surface area contributed by atoms with Gasteiger partial charge in [-0.3, -0.25) is 9.59 Å². The second-order valence-corrected chi connectivity index (χ2v) is 9.51. The largest absolute Gasteiger partial charge is 0.465 e. The third kappa shape index (κ3) is 8.35. The summed E-state index contributed by atoms with van der Waals surface area (Å²) < 4.78 is 141. The molecule has 1 atom stereocenters. The van der Waals surface area contributed by atoms with Crippen LogP contribution in [0.3, 0.4) is 0 Å². The van der Waals surface area contributed by atoms with Gasteiger partial charge in [-0.25, -0.2) is 13.6 Å². The van der Waals surface area contributed by atoms with E-state index in [1.807, 2.05) is 0 Å². The Balaban J connectivity index is 2.14. The van der Waals surface area contributed by atoms with E-state index < -0.39 is 98.4 Å². The lowest BCUT2D eigenvalue weighted by Gasteiger charge is -2.45. The predicted molar refractivity (Wildman–Crippen MR) is 104 cm³/mol. The Labute approximate surface area is 210 Å². The number of carbonyl (C=O) groups excluding carboxylic acids is 3. The lowest BCUT2D eigenvalue weighted by Crippen LogP contribution is -2.58. The standard InChI is InChI=1S/C21H25F9O8/c1-16(22,23)6-13(31)34-8-18(9-35-14(32)7-20(26,27)21(28,29)30)10-36-19(37-11-18)5-3-4-12(19)38-15(33)17(2,24)25/h12H,3-11H2,1-2H3. The molecule has 0 aromatic carbocycles. The smallest absolute Gasteiger partial charge is 0.453 e. The molecule has 2 fully saturated rings. The van der Waals surface area contributed by atoms with Crippen LogP contribution in [0.25, 0.3) is 0 Å². The zero-order valence-corrected chi connectivity index (χ0v) is 20.1. The normalized spacial score (nSPS) is 26.8. The second-order valence-electron chi connectivity index (χ2n) is 9.51. The van der Waals surface area contributed by atoms with Crippen molar-refractivity contribution in [3.8, 4) is 0 Å². The van der Waals surface area contributed by atoms with Gasteiger partial charge in [-0.2, -0.15) is 30.7 Å². The first-order valence-corrected chi connectivity index (χ1v) is 11.1. The maximum atomic E-state index is 13.3. The molecule has 1 aliphatic heterocycles. The fraction of sp³-hybridized carbons (Fsp3) is 0.857. The number of carbonyl (C=O) groups is 3. The molecule has 1 spiro atoms. The second kappa shape index (κ2) is 11.1. The average molecular weight is 576 g/mol. The molecule has 38 heavy (non-hydrogen) atoms. The van der Waals surface area contributed by atoms with Crippen molar-refractivity contribution >= 4 is 17.9 Å². The molecule has 0 amide bonds. The fourth-order valence-corrected chi connectivity index (χ4v) is 3.57. The molecule has 1 saturated carbocycles. The van der Waals surface area contributed by atoms with Gasteiger partial charge < -0.3 is 23.7 Å². The summed E-state index contributed by atoms with van der Waals surface area (Å²) in [6.45, 7) is -2.42. The SMILES string of the molecule is CC(F)(F)CC(=O)OCC1(COC(=O)CC(F)(F)C(F)(F)F)COC2(CCCC2OC(=O)C(C)(F)F)OC1. The van der Waals surface area contributed by atoms with E-state index in [4.69, 9.17) is 18.9 Å². The molecule has 1 heterocycles. The van der Waals surface area contributed by atoms with E-state index in [2.05, 4.69) is 4.74 Å². The summed E-state index contributed by atoms with van der Waals surface area (Å²) >= 11 is 0. The van der Waals surface area contributed by atoms with Crippen molar-refractivity contribution in [3.05, 3.63) is 0 Å². The van der Waals surface area contributed by atoms with Crippen LogP contribution < -0.4 is 0 Å². The van der Waals surface area contributed by atoms with Gasteiger partial charge in [0, 0.05) is 13.3 Å². The van der Waals surface area contributed by atoms with Crippen molar-refractivity contribution in [3.63, 3.8) is 0 Å². The molecule has 1 unspecified atom stereocenters. The number of esters is 3. The lowest BCUT2D eigenvalue weighted by molar-refractivity contribution is -0.338. The Morgan fingerprint density at radius 2 is 1.34 bits per heavy atom. The van der Waals surface area contributed by atoms with Crippen LogP contribution in [-0.2, 0) is 38.1 Å². The van der Waals surface area contributed by atoms with Crippen molar-refractivity contribution in [2.24, 2.45) is 5.41 Å². The molecular weight excluding hydrogens is 551 g/mol. The highest BCUT2D eigenvalue weighted by Crippen LogP contribution is 2.44. The van der Waals surface area contributed by atoms with Gasteiger partial charge in [-0.1, -0.05) is 0 Å². The number of rotatable bonds is 10. The van der Waals surface area contributed by atoms with Crippen LogP contribution in [0.2, 0.25) is 0 Å². The maximum Gasteiger partial charge on any atom is 0.453 e.